The Hall–Kier alpha value is -1.19. The van der Waals surface area contributed by atoms with Crippen molar-refractivity contribution in [2.45, 2.75) is 6.54 Å². The molecule has 0 spiro atoms. The average Bonchev–Trinajstić information content (AvgIpc) is 2.32. The maximum atomic E-state index is 6.20. The first kappa shape index (κ1) is 13.2. The molecule has 0 aromatic heterocycles. The van der Waals surface area contributed by atoms with Crippen LogP contribution in [0.3, 0.4) is 0 Å². The van der Waals surface area contributed by atoms with E-state index in [1.807, 2.05) is 37.4 Å². The number of benzene rings is 2. The fourth-order valence-electron chi connectivity index (χ4n) is 1.80. The summed E-state index contributed by atoms with van der Waals surface area (Å²) < 4.78 is 1.10. The van der Waals surface area contributed by atoms with E-state index in [0.29, 0.717) is 10.7 Å². The number of nitrogens with zero attached hydrogens (tertiary/aromatic N) is 1. The summed E-state index contributed by atoms with van der Waals surface area (Å²) in [5, 5.41) is 0.671. The van der Waals surface area contributed by atoms with Crippen molar-refractivity contribution in [3.05, 3.63) is 57.5 Å². The van der Waals surface area contributed by atoms with Gasteiger partial charge in [-0.15, -0.1) is 0 Å². The smallest absolute Gasteiger partial charge is 0.0660 e. The van der Waals surface area contributed by atoms with Crippen molar-refractivity contribution < 1.29 is 0 Å². The lowest BCUT2D eigenvalue weighted by atomic mass is 10.2. The molecule has 0 atom stereocenters. The molecule has 0 unspecified atom stereocenters. The average molecular weight is 326 g/mol. The summed E-state index contributed by atoms with van der Waals surface area (Å²) in [4.78, 5) is 2.10. The van der Waals surface area contributed by atoms with Crippen LogP contribution in [0.25, 0.3) is 0 Å². The van der Waals surface area contributed by atoms with Gasteiger partial charge in [0.15, 0.2) is 0 Å². The monoisotopic (exact) mass is 324 g/mol. The SMILES string of the molecule is CN(Cc1ccccc1Br)c1ccc(N)cc1Cl. The molecule has 2 N–H and O–H groups in total. The van der Waals surface area contributed by atoms with Gasteiger partial charge >= 0.3 is 0 Å². The van der Waals surface area contributed by atoms with E-state index in [4.69, 9.17) is 17.3 Å². The molecule has 18 heavy (non-hydrogen) atoms. The van der Waals surface area contributed by atoms with Gasteiger partial charge in [-0.25, -0.2) is 0 Å². The molecule has 0 fully saturated rings. The maximum absolute atomic E-state index is 6.20. The van der Waals surface area contributed by atoms with Gasteiger partial charge in [-0.2, -0.15) is 0 Å². The molecular weight excluding hydrogens is 312 g/mol. The summed E-state index contributed by atoms with van der Waals surface area (Å²) in [5.74, 6) is 0. The van der Waals surface area contributed by atoms with Gasteiger partial charge in [-0.3, -0.25) is 0 Å². The standard InChI is InChI=1S/C14H14BrClN2/c1-18(9-10-4-2-3-5-12(10)15)14-7-6-11(17)8-13(14)16/h2-8H,9,17H2,1H3. The van der Waals surface area contributed by atoms with Gasteiger partial charge in [0, 0.05) is 23.8 Å². The molecule has 94 valence electrons. The van der Waals surface area contributed by atoms with Gasteiger partial charge in [-0.05, 0) is 29.8 Å². The third-order valence-corrected chi connectivity index (χ3v) is 3.82. The van der Waals surface area contributed by atoms with E-state index < -0.39 is 0 Å². The molecule has 2 rings (SSSR count). The first-order valence-electron chi connectivity index (χ1n) is 5.57. The summed E-state index contributed by atoms with van der Waals surface area (Å²) in [6.07, 6.45) is 0. The molecule has 0 amide bonds. The lowest BCUT2D eigenvalue weighted by molar-refractivity contribution is 0.919. The molecule has 0 bridgehead atoms. The van der Waals surface area contributed by atoms with Gasteiger partial charge in [0.25, 0.3) is 0 Å². The minimum Gasteiger partial charge on any atom is -0.399 e. The van der Waals surface area contributed by atoms with Crippen molar-refractivity contribution in [2.24, 2.45) is 0 Å². The summed E-state index contributed by atoms with van der Waals surface area (Å²) in [6.45, 7) is 0.783. The van der Waals surface area contributed by atoms with Gasteiger partial charge in [0.1, 0.15) is 0 Å². The highest BCUT2D eigenvalue weighted by Gasteiger charge is 2.08. The minimum absolute atomic E-state index is 0.671. The maximum Gasteiger partial charge on any atom is 0.0660 e. The van der Waals surface area contributed by atoms with Crippen LogP contribution in [0.5, 0.6) is 0 Å². The molecule has 4 heteroatoms. The molecule has 0 aliphatic carbocycles. The van der Waals surface area contributed by atoms with Crippen LogP contribution < -0.4 is 10.6 Å². The second-order valence-corrected chi connectivity index (χ2v) is 5.42. The van der Waals surface area contributed by atoms with Crippen molar-refractivity contribution in [1.29, 1.82) is 0 Å². The number of hydrogen-bond donors (Lipinski definition) is 1. The van der Waals surface area contributed by atoms with Crippen LogP contribution in [0.15, 0.2) is 46.9 Å². The molecule has 2 nitrogen and oxygen atoms in total. The summed E-state index contributed by atoms with van der Waals surface area (Å²) >= 11 is 9.74. The zero-order valence-electron chi connectivity index (χ0n) is 10.0. The number of anilines is 2. The van der Waals surface area contributed by atoms with E-state index in [1.165, 1.54) is 5.56 Å². The lowest BCUT2D eigenvalue weighted by Crippen LogP contribution is -2.17. The largest absolute Gasteiger partial charge is 0.399 e. The second-order valence-electron chi connectivity index (χ2n) is 4.16. The third kappa shape index (κ3) is 2.98. The fraction of sp³-hybridized carbons (Fsp3) is 0.143. The van der Waals surface area contributed by atoms with Crippen molar-refractivity contribution in [2.75, 3.05) is 17.7 Å². The Morgan fingerprint density at radius 2 is 1.94 bits per heavy atom. The molecule has 2 aromatic carbocycles. The highest BCUT2D eigenvalue weighted by Crippen LogP contribution is 2.29. The van der Waals surface area contributed by atoms with E-state index >= 15 is 0 Å². The van der Waals surface area contributed by atoms with Crippen LogP contribution in [-0.4, -0.2) is 7.05 Å². The highest BCUT2D eigenvalue weighted by molar-refractivity contribution is 9.10. The number of rotatable bonds is 3. The quantitative estimate of drug-likeness (QED) is 0.852. The van der Waals surface area contributed by atoms with Crippen molar-refractivity contribution in [1.82, 2.24) is 0 Å². The van der Waals surface area contributed by atoms with Crippen molar-refractivity contribution in [3.8, 4) is 0 Å². The molecule has 0 aliphatic heterocycles. The Labute approximate surface area is 120 Å². The van der Waals surface area contributed by atoms with E-state index in [2.05, 4.69) is 26.9 Å². The predicted octanol–water partition coefficient (Wildman–Crippen LogP) is 4.32. The summed E-state index contributed by atoms with van der Waals surface area (Å²) in [5.41, 5.74) is 8.56. The van der Waals surface area contributed by atoms with Gasteiger partial charge in [0.2, 0.25) is 0 Å². The topological polar surface area (TPSA) is 29.3 Å². The first-order chi connectivity index (χ1) is 8.58. The molecule has 0 radical (unpaired) electrons. The first-order valence-corrected chi connectivity index (χ1v) is 6.74. The molecule has 2 aromatic rings. The molecular formula is C14H14BrClN2. The zero-order chi connectivity index (χ0) is 13.1. The van der Waals surface area contributed by atoms with Crippen LogP contribution in [0.4, 0.5) is 11.4 Å². The van der Waals surface area contributed by atoms with Crippen LogP contribution in [0, 0.1) is 0 Å². The highest BCUT2D eigenvalue weighted by atomic mass is 79.9. The number of nitrogens with two attached hydrogens (primary N) is 1. The Bertz CT molecular complexity index is 557. The van der Waals surface area contributed by atoms with E-state index in [9.17, 15) is 0 Å². The number of hydrogen-bond acceptors (Lipinski definition) is 2. The molecule has 0 saturated heterocycles. The van der Waals surface area contributed by atoms with Gasteiger partial charge in [0.05, 0.1) is 10.7 Å². The van der Waals surface area contributed by atoms with E-state index in [-0.39, 0.29) is 0 Å². The molecule has 0 aliphatic rings. The van der Waals surface area contributed by atoms with E-state index in [0.717, 1.165) is 16.7 Å². The molecule has 0 saturated carbocycles. The number of nitrogen functional groups attached to an aromatic ring is 1. The Kier molecular flexibility index (Phi) is 4.15. The van der Waals surface area contributed by atoms with Crippen LogP contribution in [0.1, 0.15) is 5.56 Å². The number of halogens is 2. The van der Waals surface area contributed by atoms with Crippen LogP contribution >= 0.6 is 27.5 Å². The van der Waals surface area contributed by atoms with Crippen LogP contribution in [0.2, 0.25) is 5.02 Å². The lowest BCUT2D eigenvalue weighted by Gasteiger charge is -2.21. The Balaban J connectivity index is 2.22. The fourth-order valence-corrected chi connectivity index (χ4v) is 2.54. The van der Waals surface area contributed by atoms with Gasteiger partial charge < -0.3 is 10.6 Å². The van der Waals surface area contributed by atoms with Crippen molar-refractivity contribution >= 4 is 38.9 Å². The Morgan fingerprint density at radius 1 is 1.22 bits per heavy atom. The Morgan fingerprint density at radius 3 is 2.61 bits per heavy atom. The zero-order valence-corrected chi connectivity index (χ0v) is 12.4. The van der Waals surface area contributed by atoms with Crippen LogP contribution in [-0.2, 0) is 6.54 Å². The normalized spacial score (nSPS) is 10.4. The minimum atomic E-state index is 0.671. The summed E-state index contributed by atoms with van der Waals surface area (Å²) in [6, 6.07) is 13.7. The predicted molar refractivity (Wildman–Crippen MR) is 82.1 cm³/mol. The third-order valence-electron chi connectivity index (χ3n) is 2.75. The van der Waals surface area contributed by atoms with E-state index in [1.54, 1.807) is 6.07 Å². The van der Waals surface area contributed by atoms with Gasteiger partial charge in [-0.1, -0.05) is 45.7 Å². The summed E-state index contributed by atoms with van der Waals surface area (Å²) in [7, 11) is 2.01. The molecule has 0 heterocycles. The second kappa shape index (κ2) is 5.63. The van der Waals surface area contributed by atoms with Crippen molar-refractivity contribution in [3.63, 3.8) is 0 Å².